The molecule has 0 aromatic heterocycles. The van der Waals surface area contributed by atoms with Gasteiger partial charge >= 0.3 is 0 Å². The normalized spacial score (nSPS) is 51.8. The average Bonchev–Trinajstić information content (AvgIpc) is 2.83. The van der Waals surface area contributed by atoms with Crippen LogP contribution in [0.3, 0.4) is 0 Å². The highest BCUT2D eigenvalue weighted by Crippen LogP contribution is 2.41. The van der Waals surface area contributed by atoms with Crippen LogP contribution < -0.4 is 5.32 Å². The zero-order chi connectivity index (χ0) is 12.7. The number of fused-ring (bicyclic) bond motifs is 3. The fourth-order valence-electron chi connectivity index (χ4n) is 4.50. The predicted octanol–water partition coefficient (Wildman–Crippen LogP) is -0.0984. The number of nitrogens with two attached hydrogens (primary N) is 1. The molecule has 1 saturated carbocycles. The van der Waals surface area contributed by atoms with Crippen molar-refractivity contribution in [1.82, 2.24) is 0 Å². The molecule has 3 fully saturated rings. The van der Waals surface area contributed by atoms with E-state index in [1.165, 1.54) is 19.3 Å². The molecule has 2 aliphatic heterocycles. The first-order valence-electron chi connectivity index (χ1n) is 7.38. The maximum Gasteiger partial charge on any atom is 0.118 e. The second kappa shape index (κ2) is 5.08. The lowest BCUT2D eigenvalue weighted by Gasteiger charge is -2.45. The van der Waals surface area contributed by atoms with Crippen LogP contribution in [0.2, 0.25) is 0 Å². The third-order valence-corrected chi connectivity index (χ3v) is 5.39. The van der Waals surface area contributed by atoms with Crippen molar-refractivity contribution >= 4 is 0 Å². The summed E-state index contributed by atoms with van der Waals surface area (Å²) in [5.74, 6) is 1.22. The molecular formula is C14H26NO3+. The Bertz CT molecular complexity index is 299. The van der Waals surface area contributed by atoms with Gasteiger partial charge in [0, 0.05) is 18.9 Å². The van der Waals surface area contributed by atoms with E-state index in [-0.39, 0.29) is 12.7 Å². The minimum Gasteiger partial charge on any atom is -0.394 e. The Hall–Kier alpha value is -0.160. The van der Waals surface area contributed by atoms with Crippen LogP contribution in [-0.2, 0) is 9.47 Å². The molecule has 1 aliphatic carbocycles. The number of piperidine rings is 1. The highest BCUT2D eigenvalue weighted by Gasteiger charge is 2.54. The molecule has 7 atom stereocenters. The minimum absolute atomic E-state index is 0.0671. The van der Waals surface area contributed by atoms with Crippen molar-refractivity contribution in [1.29, 1.82) is 0 Å². The van der Waals surface area contributed by atoms with E-state index in [9.17, 15) is 5.11 Å². The number of aliphatic hydroxyl groups is 1. The summed E-state index contributed by atoms with van der Waals surface area (Å²) >= 11 is 0. The van der Waals surface area contributed by atoms with E-state index in [1.807, 2.05) is 7.11 Å². The van der Waals surface area contributed by atoms with Gasteiger partial charge in [0.25, 0.3) is 0 Å². The van der Waals surface area contributed by atoms with Gasteiger partial charge in [-0.1, -0.05) is 6.42 Å². The Labute approximate surface area is 109 Å². The van der Waals surface area contributed by atoms with Crippen LogP contribution in [0, 0.1) is 11.8 Å². The standard InChI is InChI=1S/C14H25NO3/c1-8-11-6-9(7-16)18-14(11)10-4-3-5-12(17-2)13(10)15-8/h8-16H,3-7H2,1-2H3/p+1. The van der Waals surface area contributed by atoms with Gasteiger partial charge in [0.1, 0.15) is 12.1 Å². The van der Waals surface area contributed by atoms with Crippen LogP contribution in [-0.4, -0.2) is 49.2 Å². The van der Waals surface area contributed by atoms with Gasteiger partial charge in [0.15, 0.2) is 0 Å². The van der Waals surface area contributed by atoms with E-state index < -0.39 is 0 Å². The first-order valence-corrected chi connectivity index (χ1v) is 7.38. The summed E-state index contributed by atoms with van der Waals surface area (Å²) in [6.07, 6.45) is 5.51. The first kappa shape index (κ1) is 12.9. The Morgan fingerprint density at radius 1 is 1.33 bits per heavy atom. The zero-order valence-electron chi connectivity index (χ0n) is 11.4. The lowest BCUT2D eigenvalue weighted by atomic mass is 9.70. The van der Waals surface area contributed by atoms with E-state index in [2.05, 4.69) is 12.2 Å². The molecule has 2 heterocycles. The number of rotatable bonds is 2. The third kappa shape index (κ3) is 1.99. The molecule has 0 radical (unpaired) electrons. The summed E-state index contributed by atoms with van der Waals surface area (Å²) in [6.45, 7) is 2.48. The van der Waals surface area contributed by atoms with E-state index in [1.54, 1.807) is 0 Å². The van der Waals surface area contributed by atoms with Crippen LogP contribution in [0.15, 0.2) is 0 Å². The topological polar surface area (TPSA) is 55.3 Å². The van der Waals surface area contributed by atoms with Crippen molar-refractivity contribution in [2.75, 3.05) is 13.7 Å². The number of aliphatic hydroxyl groups excluding tert-OH is 1. The van der Waals surface area contributed by atoms with Crippen molar-refractivity contribution < 1.29 is 19.9 Å². The fraction of sp³-hybridized carbons (Fsp3) is 1.00. The largest absolute Gasteiger partial charge is 0.394 e. The van der Waals surface area contributed by atoms with Gasteiger partial charge in [-0.3, -0.25) is 0 Å². The second-order valence-electron chi connectivity index (χ2n) is 6.30. The minimum atomic E-state index is 0.0671. The lowest BCUT2D eigenvalue weighted by molar-refractivity contribution is -0.751. The zero-order valence-corrected chi connectivity index (χ0v) is 11.4. The van der Waals surface area contributed by atoms with Crippen LogP contribution in [0.5, 0.6) is 0 Å². The van der Waals surface area contributed by atoms with Crippen molar-refractivity contribution in [3.63, 3.8) is 0 Å². The van der Waals surface area contributed by atoms with Gasteiger partial charge in [-0.15, -0.1) is 0 Å². The predicted molar refractivity (Wildman–Crippen MR) is 67.2 cm³/mol. The molecule has 104 valence electrons. The Kier molecular flexibility index (Phi) is 3.63. The molecule has 2 saturated heterocycles. The Morgan fingerprint density at radius 3 is 2.89 bits per heavy atom. The highest BCUT2D eigenvalue weighted by atomic mass is 16.5. The number of quaternary nitrogens is 1. The molecule has 3 rings (SSSR count). The monoisotopic (exact) mass is 256 g/mol. The van der Waals surface area contributed by atoms with Gasteiger partial charge in [-0.05, 0) is 26.2 Å². The van der Waals surface area contributed by atoms with Crippen LogP contribution in [0.25, 0.3) is 0 Å². The van der Waals surface area contributed by atoms with Gasteiger partial charge in [-0.2, -0.15) is 0 Å². The van der Waals surface area contributed by atoms with Crippen molar-refractivity contribution in [2.24, 2.45) is 11.8 Å². The molecule has 3 aliphatic rings. The molecule has 3 N–H and O–H groups in total. The third-order valence-electron chi connectivity index (χ3n) is 5.39. The maximum absolute atomic E-state index is 9.33. The number of methoxy groups -OCH3 is 1. The van der Waals surface area contributed by atoms with E-state index in [0.29, 0.717) is 36.1 Å². The molecule has 4 nitrogen and oxygen atoms in total. The van der Waals surface area contributed by atoms with Crippen LogP contribution in [0.4, 0.5) is 0 Å². The summed E-state index contributed by atoms with van der Waals surface area (Å²) in [7, 11) is 1.84. The Balaban J connectivity index is 1.79. The second-order valence-corrected chi connectivity index (χ2v) is 6.30. The maximum atomic E-state index is 9.33. The number of hydrogen-bond acceptors (Lipinski definition) is 3. The summed E-state index contributed by atoms with van der Waals surface area (Å²) in [5.41, 5.74) is 0. The van der Waals surface area contributed by atoms with Crippen molar-refractivity contribution in [3.8, 4) is 0 Å². The molecule has 4 heteroatoms. The van der Waals surface area contributed by atoms with Crippen LogP contribution >= 0.6 is 0 Å². The molecule has 18 heavy (non-hydrogen) atoms. The molecule has 0 spiro atoms. The molecular weight excluding hydrogens is 230 g/mol. The van der Waals surface area contributed by atoms with E-state index in [0.717, 1.165) is 6.42 Å². The molecule has 0 amide bonds. The lowest BCUT2D eigenvalue weighted by Crippen LogP contribution is -3.02. The van der Waals surface area contributed by atoms with Gasteiger partial charge in [0.05, 0.1) is 24.9 Å². The van der Waals surface area contributed by atoms with E-state index in [4.69, 9.17) is 9.47 Å². The first-order chi connectivity index (χ1) is 8.74. The SMILES string of the molecule is COC1CCCC2C1[NH2+]C(C)C1CC(CO)OC12. The van der Waals surface area contributed by atoms with E-state index >= 15 is 0 Å². The molecule has 0 bridgehead atoms. The number of hydrogen-bond donors (Lipinski definition) is 2. The van der Waals surface area contributed by atoms with Gasteiger partial charge in [0.2, 0.25) is 0 Å². The van der Waals surface area contributed by atoms with Crippen molar-refractivity contribution in [2.45, 2.75) is 63.0 Å². The average molecular weight is 256 g/mol. The van der Waals surface area contributed by atoms with Crippen molar-refractivity contribution in [3.05, 3.63) is 0 Å². The van der Waals surface area contributed by atoms with Gasteiger partial charge < -0.3 is 19.9 Å². The Morgan fingerprint density at radius 2 is 2.17 bits per heavy atom. The number of ether oxygens (including phenoxy) is 2. The molecule has 0 aromatic rings. The summed E-state index contributed by atoms with van der Waals surface area (Å²) in [6, 6.07) is 1.14. The fourth-order valence-corrected chi connectivity index (χ4v) is 4.50. The van der Waals surface area contributed by atoms with Gasteiger partial charge in [-0.25, -0.2) is 0 Å². The van der Waals surface area contributed by atoms with Crippen LogP contribution in [0.1, 0.15) is 32.6 Å². The summed E-state index contributed by atoms with van der Waals surface area (Å²) < 4.78 is 11.8. The summed E-state index contributed by atoms with van der Waals surface area (Å²) in [4.78, 5) is 0. The highest BCUT2D eigenvalue weighted by molar-refractivity contribution is 4.98. The molecule has 7 unspecified atom stereocenters. The summed E-state index contributed by atoms with van der Waals surface area (Å²) in [5, 5.41) is 11.8. The molecule has 0 aromatic carbocycles. The quantitative estimate of drug-likeness (QED) is 0.725. The smallest absolute Gasteiger partial charge is 0.118 e.